The molecule has 0 spiro atoms. The Balaban J connectivity index is 1.92. The van der Waals surface area contributed by atoms with Crippen LogP contribution in [0.15, 0.2) is 54.6 Å². The molecule has 0 saturated heterocycles. The minimum atomic E-state index is 0.491. The van der Waals surface area contributed by atoms with Gasteiger partial charge in [0.1, 0.15) is 11.5 Å². The Kier molecular flexibility index (Phi) is 5.44. The molecule has 0 saturated carbocycles. The molecule has 0 heterocycles. The highest BCUT2D eigenvalue weighted by Gasteiger charge is 2.03. The van der Waals surface area contributed by atoms with Crippen molar-refractivity contribution in [3.63, 3.8) is 0 Å². The maximum absolute atomic E-state index is 5.18. The van der Waals surface area contributed by atoms with Gasteiger partial charge in [-0.15, -0.1) is 0 Å². The van der Waals surface area contributed by atoms with E-state index in [0.29, 0.717) is 5.92 Å². The molecule has 0 fully saturated rings. The van der Waals surface area contributed by atoms with E-state index in [9.17, 15) is 0 Å². The van der Waals surface area contributed by atoms with Gasteiger partial charge in [-0.25, -0.2) is 0 Å². The molecular formula is C19H22O2. The highest BCUT2D eigenvalue weighted by atomic mass is 16.5. The van der Waals surface area contributed by atoms with Gasteiger partial charge in [-0.3, -0.25) is 0 Å². The minimum Gasteiger partial charge on any atom is -0.497 e. The summed E-state index contributed by atoms with van der Waals surface area (Å²) in [6, 6.07) is 16.4. The molecular weight excluding hydrogens is 260 g/mol. The molecule has 2 aromatic rings. The van der Waals surface area contributed by atoms with Crippen molar-refractivity contribution >= 4 is 6.08 Å². The molecule has 0 radical (unpaired) electrons. The van der Waals surface area contributed by atoms with Crippen LogP contribution < -0.4 is 9.47 Å². The van der Waals surface area contributed by atoms with Crippen LogP contribution in [0.4, 0.5) is 0 Å². The summed E-state index contributed by atoms with van der Waals surface area (Å²) in [5.41, 5.74) is 2.52. The van der Waals surface area contributed by atoms with Crippen molar-refractivity contribution in [1.29, 1.82) is 0 Å². The maximum atomic E-state index is 5.18. The Hall–Kier alpha value is -2.22. The Bertz CT molecular complexity index is 568. The van der Waals surface area contributed by atoms with Gasteiger partial charge >= 0.3 is 0 Å². The zero-order chi connectivity index (χ0) is 15.1. The van der Waals surface area contributed by atoms with Crippen molar-refractivity contribution in [2.75, 3.05) is 14.2 Å². The molecule has 0 aliphatic heterocycles. The van der Waals surface area contributed by atoms with Gasteiger partial charge in [0.05, 0.1) is 14.2 Å². The van der Waals surface area contributed by atoms with Crippen molar-refractivity contribution in [1.82, 2.24) is 0 Å². The zero-order valence-corrected chi connectivity index (χ0v) is 12.9. The van der Waals surface area contributed by atoms with Gasteiger partial charge in [0.25, 0.3) is 0 Å². The normalized spacial score (nSPS) is 12.3. The summed E-state index contributed by atoms with van der Waals surface area (Å²) < 4.78 is 10.3. The molecule has 1 unspecified atom stereocenters. The number of hydrogen-bond acceptors (Lipinski definition) is 2. The lowest BCUT2D eigenvalue weighted by molar-refractivity contribution is 0.414. The van der Waals surface area contributed by atoms with Crippen molar-refractivity contribution < 1.29 is 9.47 Å². The molecule has 2 heteroatoms. The molecule has 0 aliphatic rings. The van der Waals surface area contributed by atoms with E-state index < -0.39 is 0 Å². The quantitative estimate of drug-likeness (QED) is 0.749. The second-order valence-corrected chi connectivity index (χ2v) is 5.09. The van der Waals surface area contributed by atoms with E-state index >= 15 is 0 Å². The average molecular weight is 282 g/mol. The first-order chi connectivity index (χ1) is 10.2. The number of ether oxygens (including phenoxy) is 2. The fourth-order valence-electron chi connectivity index (χ4n) is 2.19. The highest BCUT2D eigenvalue weighted by Crippen LogP contribution is 2.22. The molecule has 110 valence electrons. The number of allylic oxidation sites excluding steroid dienone is 1. The molecule has 21 heavy (non-hydrogen) atoms. The van der Waals surface area contributed by atoms with Gasteiger partial charge in [-0.1, -0.05) is 43.3 Å². The van der Waals surface area contributed by atoms with Crippen LogP contribution in [0.5, 0.6) is 11.5 Å². The van der Waals surface area contributed by atoms with Gasteiger partial charge in [0, 0.05) is 0 Å². The third-order valence-electron chi connectivity index (χ3n) is 3.60. The molecule has 0 aliphatic carbocycles. The molecule has 2 rings (SSSR count). The van der Waals surface area contributed by atoms with Crippen molar-refractivity contribution in [3.05, 3.63) is 65.7 Å². The Labute approximate surface area is 127 Å². The molecule has 2 aromatic carbocycles. The van der Waals surface area contributed by atoms with Crippen molar-refractivity contribution in [3.8, 4) is 11.5 Å². The van der Waals surface area contributed by atoms with E-state index in [4.69, 9.17) is 9.47 Å². The fraction of sp³-hybridized carbons (Fsp3) is 0.263. The summed E-state index contributed by atoms with van der Waals surface area (Å²) in [5, 5.41) is 0. The van der Waals surface area contributed by atoms with E-state index in [0.717, 1.165) is 17.9 Å². The Morgan fingerprint density at radius 3 is 1.90 bits per heavy atom. The van der Waals surface area contributed by atoms with Gasteiger partial charge in [-0.2, -0.15) is 0 Å². The first-order valence-electron chi connectivity index (χ1n) is 7.17. The summed E-state index contributed by atoms with van der Waals surface area (Å²) >= 11 is 0. The Morgan fingerprint density at radius 2 is 1.38 bits per heavy atom. The van der Waals surface area contributed by atoms with E-state index in [1.807, 2.05) is 24.3 Å². The van der Waals surface area contributed by atoms with Crippen LogP contribution in [0.25, 0.3) is 6.08 Å². The van der Waals surface area contributed by atoms with Gasteiger partial charge < -0.3 is 9.47 Å². The molecule has 0 aromatic heterocycles. The smallest absolute Gasteiger partial charge is 0.118 e. The number of hydrogen-bond donors (Lipinski definition) is 0. The van der Waals surface area contributed by atoms with E-state index in [-0.39, 0.29) is 0 Å². The second kappa shape index (κ2) is 7.53. The van der Waals surface area contributed by atoms with Crippen LogP contribution in [0.3, 0.4) is 0 Å². The number of rotatable bonds is 6. The highest BCUT2D eigenvalue weighted by molar-refractivity contribution is 5.50. The van der Waals surface area contributed by atoms with Crippen LogP contribution in [0.1, 0.15) is 30.4 Å². The van der Waals surface area contributed by atoms with Crippen LogP contribution in [-0.2, 0) is 0 Å². The lowest BCUT2D eigenvalue weighted by Crippen LogP contribution is -1.92. The summed E-state index contributed by atoms with van der Waals surface area (Å²) in [7, 11) is 3.37. The molecule has 2 nitrogen and oxygen atoms in total. The largest absolute Gasteiger partial charge is 0.497 e. The minimum absolute atomic E-state index is 0.491. The summed E-state index contributed by atoms with van der Waals surface area (Å²) in [5.74, 6) is 2.28. The van der Waals surface area contributed by atoms with Crippen LogP contribution >= 0.6 is 0 Å². The first kappa shape index (κ1) is 15.2. The first-order valence-corrected chi connectivity index (χ1v) is 7.17. The lowest BCUT2D eigenvalue weighted by atomic mass is 9.97. The summed E-state index contributed by atoms with van der Waals surface area (Å²) in [6.07, 6.45) is 5.38. The molecule has 0 N–H and O–H groups in total. The third kappa shape index (κ3) is 4.38. The van der Waals surface area contributed by atoms with Crippen LogP contribution in [0.2, 0.25) is 0 Å². The van der Waals surface area contributed by atoms with Gasteiger partial charge in [0.15, 0.2) is 0 Å². The summed E-state index contributed by atoms with van der Waals surface area (Å²) in [6.45, 7) is 2.24. The predicted molar refractivity (Wildman–Crippen MR) is 88.1 cm³/mol. The average Bonchev–Trinajstić information content (AvgIpc) is 2.55. The fourth-order valence-corrected chi connectivity index (χ4v) is 2.19. The Morgan fingerprint density at radius 1 is 0.857 bits per heavy atom. The topological polar surface area (TPSA) is 18.5 Å². The van der Waals surface area contributed by atoms with E-state index in [2.05, 4.69) is 43.3 Å². The van der Waals surface area contributed by atoms with Crippen molar-refractivity contribution in [2.24, 2.45) is 0 Å². The maximum Gasteiger partial charge on any atom is 0.118 e. The van der Waals surface area contributed by atoms with Gasteiger partial charge in [0.2, 0.25) is 0 Å². The second-order valence-electron chi connectivity index (χ2n) is 5.09. The van der Waals surface area contributed by atoms with Crippen molar-refractivity contribution in [2.45, 2.75) is 19.3 Å². The van der Waals surface area contributed by atoms with Crippen LogP contribution in [-0.4, -0.2) is 14.2 Å². The van der Waals surface area contributed by atoms with Crippen LogP contribution in [0, 0.1) is 0 Å². The monoisotopic (exact) mass is 282 g/mol. The standard InChI is InChI=1S/C19H22O2/c1-15(17-9-13-19(21-3)14-10-17)5-4-6-16-7-11-18(20-2)12-8-16/h4,6-15H,5H2,1-3H3. The van der Waals surface area contributed by atoms with Gasteiger partial charge in [-0.05, 0) is 47.7 Å². The number of methoxy groups -OCH3 is 2. The SMILES string of the molecule is COc1ccc(C=CCC(C)c2ccc(OC)cc2)cc1. The summed E-state index contributed by atoms with van der Waals surface area (Å²) in [4.78, 5) is 0. The molecule has 1 atom stereocenters. The van der Waals surface area contributed by atoms with E-state index in [1.165, 1.54) is 11.1 Å². The lowest BCUT2D eigenvalue weighted by Gasteiger charge is -2.10. The zero-order valence-electron chi connectivity index (χ0n) is 12.9. The predicted octanol–water partition coefficient (Wildman–Crippen LogP) is 4.91. The molecule has 0 bridgehead atoms. The third-order valence-corrected chi connectivity index (χ3v) is 3.60. The molecule has 0 amide bonds. The van der Waals surface area contributed by atoms with E-state index in [1.54, 1.807) is 14.2 Å². The number of benzene rings is 2.